The highest BCUT2D eigenvalue weighted by atomic mass is 35.5. The zero-order valence-corrected chi connectivity index (χ0v) is 8.46. The van der Waals surface area contributed by atoms with Gasteiger partial charge in [0.1, 0.15) is 0 Å². The number of rotatable bonds is 1. The van der Waals surface area contributed by atoms with Crippen LogP contribution >= 0.6 is 11.6 Å². The molecule has 2 N–H and O–H groups in total. The van der Waals surface area contributed by atoms with Crippen LogP contribution in [-0.4, -0.2) is 24.3 Å². The van der Waals surface area contributed by atoms with E-state index in [0.29, 0.717) is 6.54 Å². The molecule has 14 heavy (non-hydrogen) atoms. The van der Waals surface area contributed by atoms with Crippen molar-refractivity contribution in [2.24, 2.45) is 0 Å². The van der Waals surface area contributed by atoms with E-state index in [0.717, 1.165) is 22.7 Å². The molecule has 1 aliphatic heterocycles. The zero-order valence-electron chi connectivity index (χ0n) is 7.70. The first-order chi connectivity index (χ1) is 6.77. The van der Waals surface area contributed by atoms with Gasteiger partial charge in [0.25, 0.3) is 0 Å². The number of aliphatic hydroxyl groups is 1. The van der Waals surface area contributed by atoms with Gasteiger partial charge in [-0.3, -0.25) is 0 Å². The second kappa shape index (κ2) is 4.13. The lowest BCUT2D eigenvalue weighted by atomic mass is 10.0. The Balaban J connectivity index is 2.35. The van der Waals surface area contributed by atoms with Crippen molar-refractivity contribution in [3.63, 3.8) is 0 Å². The van der Waals surface area contributed by atoms with E-state index in [4.69, 9.17) is 11.6 Å². The van der Waals surface area contributed by atoms with Gasteiger partial charge >= 0.3 is 0 Å². The molecule has 0 bridgehead atoms. The van der Waals surface area contributed by atoms with Gasteiger partial charge in [-0.15, -0.1) is 0 Å². The normalized spacial score (nSPS) is 21.9. The maximum atomic E-state index is 9.45. The third kappa shape index (κ3) is 1.98. The summed E-state index contributed by atoms with van der Waals surface area (Å²) in [7, 11) is 0. The highest BCUT2D eigenvalue weighted by Crippen LogP contribution is 2.24. The van der Waals surface area contributed by atoms with Crippen molar-refractivity contribution in [1.82, 2.24) is 5.32 Å². The molecule has 0 aromatic heterocycles. The highest BCUT2D eigenvalue weighted by molar-refractivity contribution is 6.32. The molecule has 1 aliphatic rings. The van der Waals surface area contributed by atoms with Crippen molar-refractivity contribution < 1.29 is 5.11 Å². The minimum Gasteiger partial charge on any atom is -0.388 e. The van der Waals surface area contributed by atoms with Crippen LogP contribution < -0.4 is 5.32 Å². The lowest BCUT2D eigenvalue weighted by Crippen LogP contribution is -2.31. The van der Waals surface area contributed by atoms with Crippen molar-refractivity contribution in [1.29, 1.82) is 0 Å². The number of aliphatic hydroxyl groups excluding tert-OH is 1. The van der Waals surface area contributed by atoms with E-state index in [1.54, 1.807) is 0 Å². The average molecular weight is 210 g/mol. The van der Waals surface area contributed by atoms with Crippen LogP contribution in [0.2, 0.25) is 5.02 Å². The molecule has 0 amide bonds. The standard InChI is InChI=1S/C11H12ClNO/c12-11-4-2-1-3-10(11)8-5-9(14)7-13-6-8/h1-5,9,13-14H,6-7H2. The molecule has 0 radical (unpaired) electrons. The maximum Gasteiger partial charge on any atom is 0.0851 e. The molecule has 74 valence electrons. The Bertz CT molecular complexity index is 362. The van der Waals surface area contributed by atoms with E-state index in [2.05, 4.69) is 5.32 Å². The molecule has 2 nitrogen and oxygen atoms in total. The Kier molecular flexibility index (Phi) is 2.87. The summed E-state index contributed by atoms with van der Waals surface area (Å²) in [6, 6.07) is 7.68. The lowest BCUT2D eigenvalue weighted by molar-refractivity contribution is 0.217. The number of benzene rings is 1. The van der Waals surface area contributed by atoms with E-state index in [1.807, 2.05) is 30.3 Å². The Morgan fingerprint density at radius 3 is 2.86 bits per heavy atom. The first kappa shape index (κ1) is 9.71. The van der Waals surface area contributed by atoms with Gasteiger partial charge in [-0.1, -0.05) is 29.8 Å². The molecule has 2 rings (SSSR count). The summed E-state index contributed by atoms with van der Waals surface area (Å²) in [5.74, 6) is 0. The summed E-state index contributed by atoms with van der Waals surface area (Å²) in [6.07, 6.45) is 1.45. The second-order valence-electron chi connectivity index (χ2n) is 3.37. The van der Waals surface area contributed by atoms with Crippen molar-refractivity contribution in [3.8, 4) is 0 Å². The largest absolute Gasteiger partial charge is 0.388 e. The highest BCUT2D eigenvalue weighted by Gasteiger charge is 2.13. The molecule has 0 saturated carbocycles. The summed E-state index contributed by atoms with van der Waals surface area (Å²) in [6.45, 7) is 1.38. The van der Waals surface area contributed by atoms with Gasteiger partial charge in [-0.25, -0.2) is 0 Å². The second-order valence-corrected chi connectivity index (χ2v) is 3.78. The fourth-order valence-corrected chi connectivity index (χ4v) is 1.87. The van der Waals surface area contributed by atoms with Gasteiger partial charge in [-0.05, 0) is 23.3 Å². The summed E-state index contributed by atoms with van der Waals surface area (Å²) in [5.41, 5.74) is 2.06. The van der Waals surface area contributed by atoms with Gasteiger partial charge in [0.05, 0.1) is 6.10 Å². The molecule has 1 aromatic carbocycles. The van der Waals surface area contributed by atoms with Crippen LogP contribution in [0.1, 0.15) is 5.56 Å². The number of halogens is 1. The zero-order chi connectivity index (χ0) is 9.97. The van der Waals surface area contributed by atoms with Gasteiger partial charge in [-0.2, -0.15) is 0 Å². The molecule has 1 aromatic rings. The van der Waals surface area contributed by atoms with Crippen LogP contribution in [-0.2, 0) is 0 Å². The smallest absolute Gasteiger partial charge is 0.0851 e. The Hall–Kier alpha value is -0.830. The van der Waals surface area contributed by atoms with Crippen molar-refractivity contribution >= 4 is 17.2 Å². The van der Waals surface area contributed by atoms with E-state index in [9.17, 15) is 5.11 Å². The number of hydrogen-bond acceptors (Lipinski definition) is 2. The fraction of sp³-hybridized carbons (Fsp3) is 0.273. The molecule has 0 spiro atoms. The quantitative estimate of drug-likeness (QED) is 0.738. The number of hydrogen-bond donors (Lipinski definition) is 2. The van der Waals surface area contributed by atoms with Crippen LogP contribution in [0.15, 0.2) is 30.3 Å². The minimum atomic E-state index is -0.407. The molecule has 3 heteroatoms. The SMILES string of the molecule is OC1C=C(c2ccccc2Cl)CNC1. The molecule has 0 aliphatic carbocycles. The van der Waals surface area contributed by atoms with Gasteiger partial charge in [0.2, 0.25) is 0 Å². The van der Waals surface area contributed by atoms with Crippen molar-refractivity contribution in [2.45, 2.75) is 6.10 Å². The maximum absolute atomic E-state index is 9.45. The molecule has 0 fully saturated rings. The molecule has 0 saturated heterocycles. The van der Waals surface area contributed by atoms with E-state index in [1.165, 1.54) is 0 Å². The first-order valence-corrected chi connectivity index (χ1v) is 4.99. The molecular weight excluding hydrogens is 198 g/mol. The van der Waals surface area contributed by atoms with Crippen LogP contribution in [0.4, 0.5) is 0 Å². The van der Waals surface area contributed by atoms with E-state index < -0.39 is 6.10 Å². The van der Waals surface area contributed by atoms with Gasteiger partial charge in [0, 0.05) is 18.1 Å². The van der Waals surface area contributed by atoms with E-state index in [-0.39, 0.29) is 0 Å². The predicted molar refractivity (Wildman–Crippen MR) is 58.3 cm³/mol. The Morgan fingerprint density at radius 1 is 1.36 bits per heavy atom. The van der Waals surface area contributed by atoms with Gasteiger partial charge < -0.3 is 10.4 Å². The van der Waals surface area contributed by atoms with Crippen molar-refractivity contribution in [2.75, 3.05) is 13.1 Å². The Labute approximate surface area is 88.2 Å². The molecule has 1 atom stereocenters. The number of β-amino-alcohol motifs (C(OH)–C–C–N with tert-alkyl or cyclic N) is 1. The predicted octanol–water partition coefficient (Wildman–Crippen LogP) is 1.69. The topological polar surface area (TPSA) is 32.3 Å². The minimum absolute atomic E-state index is 0.407. The molecule has 1 unspecified atom stereocenters. The fourth-order valence-electron chi connectivity index (χ4n) is 1.61. The van der Waals surface area contributed by atoms with Crippen LogP contribution in [0.5, 0.6) is 0 Å². The third-order valence-corrected chi connectivity index (χ3v) is 2.61. The van der Waals surface area contributed by atoms with Crippen LogP contribution in [0, 0.1) is 0 Å². The molecule has 1 heterocycles. The first-order valence-electron chi connectivity index (χ1n) is 4.62. The molecular formula is C11H12ClNO. The summed E-state index contributed by atoms with van der Waals surface area (Å²) in [5, 5.41) is 13.3. The lowest BCUT2D eigenvalue weighted by Gasteiger charge is -2.19. The summed E-state index contributed by atoms with van der Waals surface area (Å²) in [4.78, 5) is 0. The number of nitrogens with one attached hydrogen (secondary N) is 1. The Morgan fingerprint density at radius 2 is 2.14 bits per heavy atom. The van der Waals surface area contributed by atoms with Crippen molar-refractivity contribution in [3.05, 3.63) is 40.9 Å². The third-order valence-electron chi connectivity index (χ3n) is 2.28. The summed E-state index contributed by atoms with van der Waals surface area (Å²) < 4.78 is 0. The monoisotopic (exact) mass is 209 g/mol. The van der Waals surface area contributed by atoms with Crippen LogP contribution in [0.3, 0.4) is 0 Å². The van der Waals surface area contributed by atoms with Gasteiger partial charge in [0.15, 0.2) is 0 Å². The summed E-state index contributed by atoms with van der Waals surface area (Å²) >= 11 is 6.06. The van der Waals surface area contributed by atoms with Crippen LogP contribution in [0.25, 0.3) is 5.57 Å². The average Bonchev–Trinajstić information content (AvgIpc) is 2.18. The van der Waals surface area contributed by atoms with E-state index >= 15 is 0 Å².